The van der Waals surface area contributed by atoms with Crippen molar-refractivity contribution in [2.75, 3.05) is 7.11 Å². The number of ketones is 1. The van der Waals surface area contributed by atoms with Crippen LogP contribution in [0.1, 0.15) is 24.8 Å². The predicted octanol–water partition coefficient (Wildman–Crippen LogP) is 4.28. The van der Waals surface area contributed by atoms with Crippen molar-refractivity contribution >= 4 is 11.9 Å². The fraction of sp³-hybridized carbons (Fsp3) is 0.250. The number of ether oxygens (including phenoxy) is 2. The van der Waals surface area contributed by atoms with E-state index in [2.05, 4.69) is 0 Å². The molecule has 0 radical (unpaired) electrons. The molecule has 2 aromatic rings. The van der Waals surface area contributed by atoms with Gasteiger partial charge in [-0.1, -0.05) is 36.4 Å². The van der Waals surface area contributed by atoms with E-state index < -0.39 is 0 Å². The minimum absolute atomic E-state index is 0.0380. The highest BCUT2D eigenvalue weighted by Gasteiger charge is 2.25. The molecular weight excluding hydrogens is 288 g/mol. The van der Waals surface area contributed by atoms with Gasteiger partial charge in [-0.2, -0.15) is 0 Å². The van der Waals surface area contributed by atoms with Crippen LogP contribution in [0, 0.1) is 0 Å². The molecule has 3 heteroatoms. The number of hydrogen-bond acceptors (Lipinski definition) is 3. The van der Waals surface area contributed by atoms with Gasteiger partial charge in [-0.15, -0.1) is 0 Å². The fourth-order valence-electron chi connectivity index (χ4n) is 2.82. The monoisotopic (exact) mass is 308 g/mol. The minimum atomic E-state index is 0.0380. The lowest BCUT2D eigenvalue weighted by Crippen LogP contribution is -2.26. The van der Waals surface area contributed by atoms with E-state index in [-0.39, 0.29) is 11.9 Å². The molecule has 1 aliphatic carbocycles. The lowest BCUT2D eigenvalue weighted by molar-refractivity contribution is -0.117. The van der Waals surface area contributed by atoms with Gasteiger partial charge in [-0.25, -0.2) is 0 Å². The van der Waals surface area contributed by atoms with E-state index in [4.69, 9.17) is 9.47 Å². The average Bonchev–Trinajstić information content (AvgIpc) is 2.59. The maximum Gasteiger partial charge on any atom is 0.159 e. The molecule has 0 bridgehead atoms. The zero-order valence-electron chi connectivity index (χ0n) is 13.2. The second kappa shape index (κ2) is 7.14. The maximum absolute atomic E-state index is 12.2. The zero-order valence-corrected chi connectivity index (χ0v) is 13.2. The molecule has 0 aliphatic heterocycles. The summed E-state index contributed by atoms with van der Waals surface area (Å²) in [6.07, 6.45) is 3.89. The van der Waals surface area contributed by atoms with Gasteiger partial charge >= 0.3 is 0 Å². The zero-order chi connectivity index (χ0) is 16.1. The molecule has 3 rings (SSSR count). The number of benzene rings is 2. The van der Waals surface area contributed by atoms with E-state index in [0.29, 0.717) is 12.8 Å². The first-order valence-electron chi connectivity index (χ1n) is 7.85. The Morgan fingerprint density at radius 2 is 1.78 bits per heavy atom. The molecule has 1 atom stereocenters. The van der Waals surface area contributed by atoms with Crippen molar-refractivity contribution in [1.82, 2.24) is 0 Å². The highest BCUT2D eigenvalue weighted by molar-refractivity contribution is 6.00. The molecule has 1 unspecified atom stereocenters. The minimum Gasteiger partial charge on any atom is -0.496 e. The van der Waals surface area contributed by atoms with Gasteiger partial charge in [-0.3, -0.25) is 4.79 Å². The van der Waals surface area contributed by atoms with Crippen LogP contribution in [-0.4, -0.2) is 19.0 Å². The van der Waals surface area contributed by atoms with Gasteiger partial charge in [0.2, 0.25) is 0 Å². The van der Waals surface area contributed by atoms with E-state index in [9.17, 15) is 4.79 Å². The Morgan fingerprint density at radius 3 is 2.57 bits per heavy atom. The molecule has 0 heterocycles. The van der Waals surface area contributed by atoms with Gasteiger partial charge in [0.1, 0.15) is 17.6 Å². The number of carbonyl (C=O) groups excluding carboxylic acids is 1. The average molecular weight is 308 g/mol. The summed E-state index contributed by atoms with van der Waals surface area (Å²) in [6.45, 7) is 0. The third kappa shape index (κ3) is 3.81. The standard InChI is InChI=1S/C20H20O3/c1-22-20-10-6-5-7-15(20)13-16-14-18(11-12-19(16)21)23-17-8-3-2-4-9-17/h2-10,13,18H,11-12,14H2,1H3. The molecule has 23 heavy (non-hydrogen) atoms. The Hall–Kier alpha value is -2.55. The first-order chi connectivity index (χ1) is 11.3. The molecule has 0 amide bonds. The molecule has 3 nitrogen and oxygen atoms in total. The molecule has 1 aliphatic rings. The van der Waals surface area contributed by atoms with Crippen molar-refractivity contribution in [2.45, 2.75) is 25.4 Å². The van der Waals surface area contributed by atoms with E-state index in [1.807, 2.05) is 60.7 Å². The van der Waals surface area contributed by atoms with Crippen LogP contribution in [0.2, 0.25) is 0 Å². The Balaban J connectivity index is 1.78. The van der Waals surface area contributed by atoms with Crippen molar-refractivity contribution in [1.29, 1.82) is 0 Å². The molecular formula is C20H20O3. The van der Waals surface area contributed by atoms with E-state index >= 15 is 0 Å². The Kier molecular flexibility index (Phi) is 4.77. The maximum atomic E-state index is 12.2. The molecule has 1 fully saturated rings. The van der Waals surface area contributed by atoms with Crippen LogP contribution in [-0.2, 0) is 4.79 Å². The van der Waals surface area contributed by atoms with Crippen molar-refractivity contribution in [3.63, 3.8) is 0 Å². The Morgan fingerprint density at radius 1 is 1.04 bits per heavy atom. The number of hydrogen-bond donors (Lipinski definition) is 0. The largest absolute Gasteiger partial charge is 0.496 e. The summed E-state index contributed by atoms with van der Waals surface area (Å²) in [5.41, 5.74) is 1.74. The number of carbonyl (C=O) groups is 1. The van der Waals surface area contributed by atoms with Crippen LogP contribution in [0.25, 0.3) is 6.08 Å². The van der Waals surface area contributed by atoms with Crippen LogP contribution >= 0.6 is 0 Å². The highest BCUT2D eigenvalue weighted by atomic mass is 16.5. The van der Waals surface area contributed by atoms with Gasteiger partial charge in [0.05, 0.1) is 7.11 Å². The third-order valence-corrected chi connectivity index (χ3v) is 4.01. The van der Waals surface area contributed by atoms with Crippen molar-refractivity contribution in [2.24, 2.45) is 0 Å². The van der Waals surface area contributed by atoms with Gasteiger partial charge in [-0.05, 0) is 36.3 Å². The first-order valence-corrected chi connectivity index (χ1v) is 7.85. The predicted molar refractivity (Wildman–Crippen MR) is 90.7 cm³/mol. The lowest BCUT2D eigenvalue weighted by atomic mass is 9.89. The quantitative estimate of drug-likeness (QED) is 0.791. The fourth-order valence-corrected chi connectivity index (χ4v) is 2.82. The van der Waals surface area contributed by atoms with Crippen molar-refractivity contribution < 1.29 is 14.3 Å². The van der Waals surface area contributed by atoms with Gasteiger partial charge in [0.15, 0.2) is 5.78 Å². The second-order valence-electron chi connectivity index (χ2n) is 5.63. The molecule has 1 saturated carbocycles. The lowest BCUT2D eigenvalue weighted by Gasteiger charge is -2.24. The van der Waals surface area contributed by atoms with Crippen LogP contribution in [0.5, 0.6) is 11.5 Å². The van der Waals surface area contributed by atoms with Crippen LogP contribution < -0.4 is 9.47 Å². The number of rotatable bonds is 4. The topological polar surface area (TPSA) is 35.5 Å². The number of Topliss-reactive ketones (excluding diaryl/α,β-unsaturated/α-hetero) is 1. The highest BCUT2D eigenvalue weighted by Crippen LogP contribution is 2.28. The van der Waals surface area contributed by atoms with Crippen molar-refractivity contribution in [3.8, 4) is 11.5 Å². The molecule has 118 valence electrons. The summed E-state index contributed by atoms with van der Waals surface area (Å²) in [6, 6.07) is 17.5. The van der Waals surface area contributed by atoms with Crippen LogP contribution in [0.4, 0.5) is 0 Å². The molecule has 0 aromatic heterocycles. The SMILES string of the molecule is COc1ccccc1C=C1CC(Oc2ccccc2)CCC1=O. The summed E-state index contributed by atoms with van der Waals surface area (Å²) in [5, 5.41) is 0. The Bertz CT molecular complexity index is 704. The van der Waals surface area contributed by atoms with E-state index in [0.717, 1.165) is 29.1 Å². The number of para-hydroxylation sites is 2. The summed E-state index contributed by atoms with van der Waals surface area (Å²) in [5.74, 6) is 1.83. The molecule has 0 saturated heterocycles. The normalized spacial score (nSPS) is 19.6. The van der Waals surface area contributed by atoms with Crippen LogP contribution in [0.3, 0.4) is 0 Å². The number of methoxy groups -OCH3 is 1. The summed E-state index contributed by atoms with van der Waals surface area (Å²) < 4.78 is 11.4. The van der Waals surface area contributed by atoms with Crippen LogP contribution in [0.15, 0.2) is 60.2 Å². The summed E-state index contributed by atoms with van der Waals surface area (Å²) in [4.78, 5) is 12.2. The molecule has 0 spiro atoms. The second-order valence-corrected chi connectivity index (χ2v) is 5.63. The molecule has 0 N–H and O–H groups in total. The van der Waals surface area contributed by atoms with Gasteiger partial charge in [0.25, 0.3) is 0 Å². The van der Waals surface area contributed by atoms with E-state index in [1.54, 1.807) is 7.11 Å². The Labute approximate surface area is 136 Å². The van der Waals surface area contributed by atoms with E-state index in [1.165, 1.54) is 0 Å². The van der Waals surface area contributed by atoms with Crippen molar-refractivity contribution in [3.05, 3.63) is 65.7 Å². The smallest absolute Gasteiger partial charge is 0.159 e. The first kappa shape index (κ1) is 15.3. The van der Waals surface area contributed by atoms with Gasteiger partial charge in [0, 0.05) is 18.4 Å². The third-order valence-electron chi connectivity index (χ3n) is 4.01. The summed E-state index contributed by atoms with van der Waals surface area (Å²) >= 11 is 0. The molecule has 2 aromatic carbocycles. The summed E-state index contributed by atoms with van der Waals surface area (Å²) in [7, 11) is 1.64. The van der Waals surface area contributed by atoms with Gasteiger partial charge < -0.3 is 9.47 Å².